The third-order valence-corrected chi connectivity index (χ3v) is 4.59. The van der Waals surface area contributed by atoms with Gasteiger partial charge in [0.2, 0.25) is 11.9 Å². The molecule has 9 nitrogen and oxygen atoms in total. The Balaban J connectivity index is 1.43. The van der Waals surface area contributed by atoms with Gasteiger partial charge in [-0.3, -0.25) is 14.2 Å². The molecule has 3 aromatic rings. The Morgan fingerprint density at radius 2 is 2.00 bits per heavy atom. The van der Waals surface area contributed by atoms with Gasteiger partial charge >= 0.3 is 0 Å². The molecule has 150 valence electrons. The fourth-order valence-electron chi connectivity index (χ4n) is 3.04. The van der Waals surface area contributed by atoms with Gasteiger partial charge in [0.25, 0.3) is 5.56 Å². The molecule has 0 saturated carbocycles. The second kappa shape index (κ2) is 8.31. The van der Waals surface area contributed by atoms with Crippen molar-refractivity contribution in [2.45, 2.75) is 13.0 Å². The molecular formula is C19H19FN6O3. The van der Waals surface area contributed by atoms with Crippen LogP contribution in [0.1, 0.15) is 6.42 Å². The van der Waals surface area contributed by atoms with Crippen LogP contribution in [-0.2, 0) is 16.1 Å². The van der Waals surface area contributed by atoms with Crippen LogP contribution in [0.5, 0.6) is 0 Å². The van der Waals surface area contributed by atoms with Crippen LogP contribution in [0.3, 0.4) is 0 Å². The van der Waals surface area contributed by atoms with E-state index in [-0.39, 0.29) is 24.3 Å². The molecule has 0 radical (unpaired) electrons. The average Bonchev–Trinajstić information content (AvgIpc) is 2.75. The van der Waals surface area contributed by atoms with Crippen LogP contribution in [0, 0.1) is 5.82 Å². The van der Waals surface area contributed by atoms with Crippen molar-refractivity contribution in [1.82, 2.24) is 19.5 Å². The molecule has 0 aliphatic carbocycles. The second-order valence-corrected chi connectivity index (χ2v) is 6.52. The van der Waals surface area contributed by atoms with Crippen LogP contribution in [0.15, 0.2) is 41.6 Å². The van der Waals surface area contributed by atoms with Crippen LogP contribution in [0.25, 0.3) is 10.9 Å². The number of nitrogens with zero attached hydrogens (tertiary/aromatic N) is 5. The van der Waals surface area contributed by atoms with Gasteiger partial charge in [-0.2, -0.15) is 4.98 Å². The first-order chi connectivity index (χ1) is 14.1. The van der Waals surface area contributed by atoms with Crippen molar-refractivity contribution in [3.8, 4) is 0 Å². The van der Waals surface area contributed by atoms with Crippen molar-refractivity contribution in [3.63, 3.8) is 0 Å². The number of anilines is 2. The van der Waals surface area contributed by atoms with E-state index in [0.29, 0.717) is 43.2 Å². The van der Waals surface area contributed by atoms with Gasteiger partial charge in [0.05, 0.1) is 36.6 Å². The first-order valence-corrected chi connectivity index (χ1v) is 9.21. The van der Waals surface area contributed by atoms with Crippen molar-refractivity contribution in [2.75, 3.05) is 36.5 Å². The molecule has 4 rings (SSSR count). The highest BCUT2D eigenvalue weighted by Gasteiger charge is 2.17. The number of rotatable bonds is 5. The Labute approximate surface area is 165 Å². The third kappa shape index (κ3) is 4.21. The number of para-hydroxylation sites is 1. The van der Waals surface area contributed by atoms with Crippen LogP contribution in [-0.4, -0.2) is 51.7 Å². The van der Waals surface area contributed by atoms with Gasteiger partial charge in [-0.1, -0.05) is 12.1 Å². The summed E-state index contributed by atoms with van der Waals surface area (Å²) < 4.78 is 20.7. The predicted octanol–water partition coefficient (Wildman–Crippen LogP) is 1.19. The van der Waals surface area contributed by atoms with Crippen molar-refractivity contribution >= 4 is 28.6 Å². The minimum Gasteiger partial charge on any atom is -0.378 e. The number of benzene rings is 1. The Kier molecular flexibility index (Phi) is 5.43. The number of carbonyl (C=O) groups is 1. The van der Waals surface area contributed by atoms with E-state index in [1.54, 1.807) is 24.3 Å². The summed E-state index contributed by atoms with van der Waals surface area (Å²) in [6, 6.07) is 6.99. The number of aromatic nitrogens is 4. The molecule has 1 N–H and O–H groups in total. The van der Waals surface area contributed by atoms with Crippen molar-refractivity contribution in [3.05, 3.63) is 53.0 Å². The zero-order valence-electron chi connectivity index (χ0n) is 15.5. The first-order valence-electron chi connectivity index (χ1n) is 9.21. The highest BCUT2D eigenvalue weighted by molar-refractivity contribution is 5.89. The Morgan fingerprint density at radius 3 is 2.83 bits per heavy atom. The average molecular weight is 398 g/mol. The Morgan fingerprint density at radius 1 is 1.21 bits per heavy atom. The summed E-state index contributed by atoms with van der Waals surface area (Å²) in [6.07, 6.45) is 2.40. The number of ether oxygens (including phenoxy) is 1. The number of fused-ring (bicyclic) bond motifs is 1. The second-order valence-electron chi connectivity index (χ2n) is 6.52. The maximum absolute atomic E-state index is 14.1. The van der Waals surface area contributed by atoms with Crippen molar-refractivity contribution in [1.29, 1.82) is 0 Å². The first kappa shape index (κ1) is 18.9. The molecule has 0 bridgehead atoms. The molecule has 1 aliphatic heterocycles. The minimum atomic E-state index is -0.722. The van der Waals surface area contributed by atoms with Gasteiger partial charge in [0.15, 0.2) is 11.6 Å². The van der Waals surface area contributed by atoms with E-state index in [1.165, 1.54) is 10.9 Å². The lowest BCUT2D eigenvalue weighted by molar-refractivity contribution is -0.116. The van der Waals surface area contributed by atoms with Crippen LogP contribution in [0.4, 0.5) is 16.2 Å². The largest absolute Gasteiger partial charge is 0.378 e. The lowest BCUT2D eigenvalue weighted by Gasteiger charge is -2.26. The summed E-state index contributed by atoms with van der Waals surface area (Å²) in [7, 11) is 0. The van der Waals surface area contributed by atoms with Gasteiger partial charge in [0.1, 0.15) is 0 Å². The topological polar surface area (TPSA) is 102 Å². The summed E-state index contributed by atoms with van der Waals surface area (Å²) >= 11 is 0. The molecule has 1 aliphatic rings. The smallest absolute Gasteiger partial charge is 0.261 e. The molecule has 3 heterocycles. The predicted molar refractivity (Wildman–Crippen MR) is 104 cm³/mol. The highest BCUT2D eigenvalue weighted by Crippen LogP contribution is 2.16. The van der Waals surface area contributed by atoms with Crippen molar-refractivity contribution in [2.24, 2.45) is 0 Å². The van der Waals surface area contributed by atoms with Crippen molar-refractivity contribution < 1.29 is 13.9 Å². The maximum Gasteiger partial charge on any atom is 0.261 e. The Bertz CT molecular complexity index is 1100. The number of amides is 1. The van der Waals surface area contributed by atoms with Crippen LogP contribution >= 0.6 is 0 Å². The summed E-state index contributed by atoms with van der Waals surface area (Å²) in [5.41, 5.74) is 0.364. The number of hydrogen-bond acceptors (Lipinski definition) is 7. The van der Waals surface area contributed by atoms with E-state index in [9.17, 15) is 14.0 Å². The summed E-state index contributed by atoms with van der Waals surface area (Å²) in [4.78, 5) is 38.9. The van der Waals surface area contributed by atoms with Crippen LogP contribution < -0.4 is 15.8 Å². The number of nitrogens with one attached hydrogen (secondary N) is 1. The molecule has 10 heteroatoms. The van der Waals surface area contributed by atoms with Gasteiger partial charge in [0, 0.05) is 26.1 Å². The van der Waals surface area contributed by atoms with Gasteiger partial charge in [-0.25, -0.2) is 14.4 Å². The number of morpholine rings is 1. The monoisotopic (exact) mass is 398 g/mol. The lowest BCUT2D eigenvalue weighted by atomic mass is 10.2. The molecule has 1 saturated heterocycles. The quantitative estimate of drug-likeness (QED) is 0.689. The zero-order chi connectivity index (χ0) is 20.2. The molecule has 0 spiro atoms. The molecule has 1 fully saturated rings. The van der Waals surface area contributed by atoms with E-state index in [2.05, 4.69) is 20.3 Å². The van der Waals surface area contributed by atoms with Gasteiger partial charge < -0.3 is 15.0 Å². The number of hydrogen-bond donors (Lipinski definition) is 1. The fourth-order valence-corrected chi connectivity index (χ4v) is 3.04. The normalized spacial score (nSPS) is 14.2. The Hall–Kier alpha value is -3.40. The minimum absolute atomic E-state index is 0.0315. The van der Waals surface area contributed by atoms with E-state index >= 15 is 0 Å². The molecular weight excluding hydrogens is 379 g/mol. The number of carbonyl (C=O) groups excluding carboxylic acids is 1. The molecule has 0 atom stereocenters. The van der Waals surface area contributed by atoms with Gasteiger partial charge in [-0.05, 0) is 12.1 Å². The molecule has 1 amide bonds. The molecule has 2 aromatic heterocycles. The number of aryl methyl sites for hydroxylation is 1. The molecule has 0 unspecified atom stereocenters. The lowest BCUT2D eigenvalue weighted by Crippen LogP contribution is -2.37. The standard InChI is InChI=1S/C19H19FN6O3/c20-14-11-21-19(25-7-9-29-10-8-25)24-17(14)23-16(27)5-6-26-12-22-15-4-2-1-3-13(15)18(26)28/h1-4,11-12H,5-10H2,(H,21,23,24,27). The zero-order valence-corrected chi connectivity index (χ0v) is 15.5. The number of halogens is 1. The molecule has 29 heavy (non-hydrogen) atoms. The molecule has 1 aromatic carbocycles. The van der Waals surface area contributed by atoms with Crippen LogP contribution in [0.2, 0.25) is 0 Å². The maximum atomic E-state index is 14.1. The van der Waals surface area contributed by atoms with Gasteiger partial charge in [-0.15, -0.1) is 0 Å². The summed E-state index contributed by atoms with van der Waals surface area (Å²) in [5, 5.41) is 2.94. The van der Waals surface area contributed by atoms with E-state index < -0.39 is 11.7 Å². The van der Waals surface area contributed by atoms with E-state index in [1.807, 2.05) is 4.90 Å². The summed E-state index contributed by atoms with van der Waals surface area (Å²) in [5.74, 6) is -1.04. The third-order valence-electron chi connectivity index (χ3n) is 4.59. The SMILES string of the molecule is O=C(CCn1cnc2ccccc2c1=O)Nc1nc(N2CCOCC2)ncc1F. The highest BCUT2D eigenvalue weighted by atomic mass is 19.1. The van der Waals surface area contributed by atoms with E-state index in [4.69, 9.17) is 4.74 Å². The summed E-state index contributed by atoms with van der Waals surface area (Å²) in [6.45, 7) is 2.38. The fraction of sp³-hybridized carbons (Fsp3) is 0.316. The van der Waals surface area contributed by atoms with E-state index in [0.717, 1.165) is 6.20 Å².